The van der Waals surface area contributed by atoms with Crippen molar-refractivity contribution in [1.82, 2.24) is 25.3 Å². The minimum atomic E-state index is -0.0211. The Hall–Kier alpha value is -2.96. The van der Waals surface area contributed by atoms with Gasteiger partial charge in [0, 0.05) is 7.05 Å². The Morgan fingerprint density at radius 1 is 1.36 bits per heavy atom. The highest BCUT2D eigenvalue weighted by Crippen LogP contribution is 2.31. The number of nitrogens with one attached hydrogen (secondary N) is 2. The first-order chi connectivity index (χ1) is 12.1. The second kappa shape index (κ2) is 6.16. The lowest BCUT2D eigenvalue weighted by atomic mass is 10.1. The molecule has 7 heteroatoms. The van der Waals surface area contributed by atoms with Crippen LogP contribution in [0.4, 0.5) is 5.82 Å². The number of aromatic amines is 1. The molecule has 1 atom stereocenters. The number of nitrogens with zero attached hydrogens (tertiary/aromatic N) is 4. The van der Waals surface area contributed by atoms with Gasteiger partial charge >= 0.3 is 0 Å². The molecule has 2 heterocycles. The van der Waals surface area contributed by atoms with Gasteiger partial charge in [-0.2, -0.15) is 0 Å². The summed E-state index contributed by atoms with van der Waals surface area (Å²) in [7, 11) is 1.84. The highest BCUT2D eigenvalue weighted by atomic mass is 16.2. The van der Waals surface area contributed by atoms with Gasteiger partial charge in [0.05, 0.1) is 18.9 Å². The summed E-state index contributed by atoms with van der Waals surface area (Å²) in [5, 5.41) is 3.15. The predicted octanol–water partition coefficient (Wildman–Crippen LogP) is 1.90. The first kappa shape index (κ1) is 15.6. The lowest BCUT2D eigenvalue weighted by Crippen LogP contribution is -2.37. The Morgan fingerprint density at radius 2 is 2.24 bits per heavy atom. The van der Waals surface area contributed by atoms with Gasteiger partial charge in [-0.05, 0) is 30.9 Å². The third-order valence-corrected chi connectivity index (χ3v) is 4.66. The smallest absolute Gasteiger partial charge is 0.240 e. The second-order valence-electron chi connectivity index (χ2n) is 6.52. The molecule has 0 saturated heterocycles. The Bertz CT molecular complexity index is 934. The molecule has 7 nitrogen and oxygen atoms in total. The van der Waals surface area contributed by atoms with Crippen LogP contribution in [0, 0.1) is 6.92 Å². The molecular formula is C18H20N6O. The van der Waals surface area contributed by atoms with Crippen molar-refractivity contribution in [2.24, 2.45) is 0 Å². The number of fused-ring (bicyclic) bond motifs is 2. The Labute approximate surface area is 145 Å². The van der Waals surface area contributed by atoms with Crippen LogP contribution in [0.1, 0.15) is 29.2 Å². The van der Waals surface area contributed by atoms with E-state index in [1.165, 1.54) is 23.0 Å². The van der Waals surface area contributed by atoms with Gasteiger partial charge in [-0.15, -0.1) is 0 Å². The standard InChI is InChI=1S/C18H20N6O/c1-11-3-5-13-12(7-11)4-6-14(13)23-15(25)8-24(2)18-16-17(20-9-19-16)21-10-22-18/h3,5,7,9-10,14H,4,6,8H2,1-2H3,(H,23,25)(H,19,20,21,22). The molecule has 4 rings (SSSR count). The van der Waals surface area contributed by atoms with Crippen LogP contribution in [-0.2, 0) is 11.2 Å². The monoisotopic (exact) mass is 336 g/mol. The number of amides is 1. The largest absolute Gasteiger partial charge is 0.348 e. The Balaban J connectivity index is 1.46. The quantitative estimate of drug-likeness (QED) is 0.760. The number of benzene rings is 1. The van der Waals surface area contributed by atoms with E-state index in [2.05, 4.69) is 50.4 Å². The van der Waals surface area contributed by atoms with Gasteiger partial charge in [0.1, 0.15) is 11.8 Å². The van der Waals surface area contributed by atoms with Gasteiger partial charge in [-0.1, -0.05) is 23.8 Å². The van der Waals surface area contributed by atoms with Crippen molar-refractivity contribution >= 4 is 22.9 Å². The molecule has 3 aromatic rings. The predicted molar refractivity (Wildman–Crippen MR) is 95.3 cm³/mol. The van der Waals surface area contributed by atoms with Crippen molar-refractivity contribution in [2.45, 2.75) is 25.8 Å². The fourth-order valence-corrected chi connectivity index (χ4v) is 3.47. The van der Waals surface area contributed by atoms with Crippen LogP contribution in [-0.4, -0.2) is 39.4 Å². The minimum absolute atomic E-state index is 0.0211. The van der Waals surface area contributed by atoms with Gasteiger partial charge in [-0.25, -0.2) is 15.0 Å². The van der Waals surface area contributed by atoms with Crippen molar-refractivity contribution in [1.29, 1.82) is 0 Å². The number of carbonyl (C=O) groups excluding carboxylic acids is 1. The van der Waals surface area contributed by atoms with Crippen LogP contribution in [0.5, 0.6) is 0 Å². The maximum atomic E-state index is 12.5. The number of hydrogen-bond acceptors (Lipinski definition) is 5. The number of H-pyrrole nitrogens is 1. The minimum Gasteiger partial charge on any atom is -0.348 e. The lowest BCUT2D eigenvalue weighted by Gasteiger charge is -2.20. The molecule has 25 heavy (non-hydrogen) atoms. The summed E-state index contributed by atoms with van der Waals surface area (Å²) in [6.07, 6.45) is 5.00. The second-order valence-corrected chi connectivity index (χ2v) is 6.52. The SMILES string of the molecule is Cc1ccc2c(c1)CCC2NC(=O)CN(C)c1ncnc2nc[nH]c12. The van der Waals surface area contributed by atoms with E-state index in [0.717, 1.165) is 18.4 Å². The molecule has 2 N–H and O–H groups in total. The molecule has 0 bridgehead atoms. The Kier molecular flexibility index (Phi) is 3.83. The van der Waals surface area contributed by atoms with Crippen molar-refractivity contribution in [2.75, 3.05) is 18.5 Å². The normalized spacial score (nSPS) is 16.0. The number of aryl methyl sites for hydroxylation is 2. The number of anilines is 1. The van der Waals surface area contributed by atoms with Crippen LogP contribution in [0.15, 0.2) is 30.9 Å². The molecular weight excluding hydrogens is 316 g/mol. The third-order valence-electron chi connectivity index (χ3n) is 4.66. The first-order valence-corrected chi connectivity index (χ1v) is 8.36. The summed E-state index contributed by atoms with van der Waals surface area (Å²) in [5.41, 5.74) is 5.17. The number of rotatable bonds is 4. The highest BCUT2D eigenvalue weighted by molar-refractivity contribution is 5.87. The molecule has 0 spiro atoms. The third kappa shape index (κ3) is 2.93. The summed E-state index contributed by atoms with van der Waals surface area (Å²) in [6.45, 7) is 2.32. The molecule has 128 valence electrons. The fourth-order valence-electron chi connectivity index (χ4n) is 3.47. The van der Waals surface area contributed by atoms with E-state index in [1.54, 1.807) is 6.33 Å². The van der Waals surface area contributed by atoms with Crippen molar-refractivity contribution in [3.8, 4) is 0 Å². The molecule has 1 aliphatic carbocycles. The lowest BCUT2D eigenvalue weighted by molar-refractivity contribution is -0.120. The summed E-state index contributed by atoms with van der Waals surface area (Å²) >= 11 is 0. The van der Waals surface area contributed by atoms with Crippen molar-refractivity contribution in [3.05, 3.63) is 47.5 Å². The fraction of sp³-hybridized carbons (Fsp3) is 0.333. The number of imidazole rings is 1. The van der Waals surface area contributed by atoms with Crippen LogP contribution in [0.3, 0.4) is 0 Å². The van der Waals surface area contributed by atoms with Crippen LogP contribution in [0.25, 0.3) is 11.2 Å². The summed E-state index contributed by atoms with van der Waals surface area (Å²) in [4.78, 5) is 29.8. The van der Waals surface area contributed by atoms with Gasteiger partial charge < -0.3 is 15.2 Å². The number of aromatic nitrogens is 4. The number of hydrogen-bond donors (Lipinski definition) is 2. The van der Waals surface area contributed by atoms with E-state index in [-0.39, 0.29) is 18.5 Å². The maximum absolute atomic E-state index is 12.5. The molecule has 1 unspecified atom stereocenters. The molecule has 0 radical (unpaired) electrons. The highest BCUT2D eigenvalue weighted by Gasteiger charge is 2.24. The molecule has 1 amide bonds. The maximum Gasteiger partial charge on any atom is 0.240 e. The van der Waals surface area contributed by atoms with Gasteiger partial charge in [-0.3, -0.25) is 4.79 Å². The van der Waals surface area contributed by atoms with Crippen LogP contribution < -0.4 is 10.2 Å². The molecule has 1 aromatic carbocycles. The zero-order chi connectivity index (χ0) is 17.4. The average Bonchev–Trinajstić information content (AvgIpc) is 3.21. The average molecular weight is 336 g/mol. The number of likely N-dealkylation sites (N-methyl/N-ethyl adjacent to an activating group) is 1. The van der Waals surface area contributed by atoms with E-state index < -0.39 is 0 Å². The van der Waals surface area contributed by atoms with E-state index in [9.17, 15) is 4.79 Å². The van der Waals surface area contributed by atoms with Crippen LogP contribution in [0.2, 0.25) is 0 Å². The molecule has 0 aliphatic heterocycles. The summed E-state index contributed by atoms with van der Waals surface area (Å²) < 4.78 is 0. The van der Waals surface area contributed by atoms with Crippen LogP contribution >= 0.6 is 0 Å². The van der Waals surface area contributed by atoms with Gasteiger partial charge in [0.15, 0.2) is 11.5 Å². The summed E-state index contributed by atoms with van der Waals surface area (Å²) in [6, 6.07) is 6.54. The topological polar surface area (TPSA) is 86.8 Å². The molecule has 0 saturated carbocycles. The molecule has 1 aliphatic rings. The number of carbonyl (C=O) groups is 1. The molecule has 0 fully saturated rings. The van der Waals surface area contributed by atoms with Crippen molar-refractivity contribution < 1.29 is 4.79 Å². The Morgan fingerprint density at radius 3 is 3.12 bits per heavy atom. The first-order valence-electron chi connectivity index (χ1n) is 8.36. The van der Waals surface area contributed by atoms with E-state index in [1.807, 2.05) is 11.9 Å². The van der Waals surface area contributed by atoms with E-state index >= 15 is 0 Å². The molecule has 2 aromatic heterocycles. The zero-order valence-electron chi connectivity index (χ0n) is 14.3. The summed E-state index contributed by atoms with van der Waals surface area (Å²) in [5.74, 6) is 0.646. The zero-order valence-corrected chi connectivity index (χ0v) is 14.3. The van der Waals surface area contributed by atoms with Gasteiger partial charge in [0.2, 0.25) is 5.91 Å². The van der Waals surface area contributed by atoms with E-state index in [4.69, 9.17) is 0 Å². The van der Waals surface area contributed by atoms with Gasteiger partial charge in [0.25, 0.3) is 0 Å². The van der Waals surface area contributed by atoms with E-state index in [0.29, 0.717) is 11.5 Å². The van der Waals surface area contributed by atoms with Crippen molar-refractivity contribution in [3.63, 3.8) is 0 Å².